The van der Waals surface area contributed by atoms with Gasteiger partial charge in [-0.2, -0.15) is 0 Å². The van der Waals surface area contributed by atoms with Crippen LogP contribution in [0.2, 0.25) is 0 Å². The fraction of sp³-hybridized carbons (Fsp3) is 1.00. The lowest BCUT2D eigenvalue weighted by molar-refractivity contribution is 0.110. The molecular weight excluding hydrogens is 186 g/mol. The van der Waals surface area contributed by atoms with Crippen LogP contribution in [0.4, 0.5) is 0 Å². The van der Waals surface area contributed by atoms with Gasteiger partial charge in [0.2, 0.25) is 0 Å². The van der Waals surface area contributed by atoms with E-state index in [2.05, 4.69) is 26.1 Å². The van der Waals surface area contributed by atoms with E-state index in [9.17, 15) is 0 Å². The molecule has 0 heterocycles. The van der Waals surface area contributed by atoms with Gasteiger partial charge in [-0.05, 0) is 31.1 Å². The number of rotatable bonds is 7. The molecule has 0 amide bonds. The van der Waals surface area contributed by atoms with Crippen molar-refractivity contribution in [3.8, 4) is 0 Å². The number of hydrogen-bond acceptors (Lipinski definition) is 2. The Morgan fingerprint density at radius 2 is 2.13 bits per heavy atom. The van der Waals surface area contributed by atoms with Crippen LogP contribution in [0.1, 0.15) is 46.5 Å². The average Bonchev–Trinajstić information content (AvgIpc) is 2.65. The van der Waals surface area contributed by atoms with E-state index in [1.54, 1.807) is 0 Å². The van der Waals surface area contributed by atoms with Gasteiger partial charge in [-0.15, -0.1) is 0 Å². The van der Waals surface area contributed by atoms with Crippen LogP contribution in [0.3, 0.4) is 0 Å². The van der Waals surface area contributed by atoms with E-state index in [4.69, 9.17) is 4.74 Å². The summed E-state index contributed by atoms with van der Waals surface area (Å²) < 4.78 is 5.55. The molecule has 15 heavy (non-hydrogen) atoms. The molecule has 0 bridgehead atoms. The molecule has 1 aliphatic rings. The molecule has 0 saturated heterocycles. The van der Waals surface area contributed by atoms with E-state index in [1.807, 2.05) is 0 Å². The highest BCUT2D eigenvalue weighted by molar-refractivity contribution is 4.79. The molecule has 90 valence electrons. The Kier molecular flexibility index (Phi) is 6.26. The minimum Gasteiger partial charge on any atom is -0.380 e. The third kappa shape index (κ3) is 5.53. The second-order valence-corrected chi connectivity index (χ2v) is 5.21. The first-order valence-corrected chi connectivity index (χ1v) is 6.53. The van der Waals surface area contributed by atoms with E-state index < -0.39 is 0 Å². The molecule has 0 radical (unpaired) electrons. The Balaban J connectivity index is 1.92. The molecule has 0 spiro atoms. The van der Waals surface area contributed by atoms with Gasteiger partial charge in [-0.1, -0.05) is 27.2 Å². The van der Waals surface area contributed by atoms with Crippen molar-refractivity contribution in [2.45, 2.75) is 52.5 Å². The normalized spacial score (nSPS) is 26.4. The van der Waals surface area contributed by atoms with Gasteiger partial charge in [-0.3, -0.25) is 0 Å². The summed E-state index contributed by atoms with van der Waals surface area (Å²) in [4.78, 5) is 0. The van der Waals surface area contributed by atoms with Gasteiger partial charge in [0.15, 0.2) is 0 Å². The van der Waals surface area contributed by atoms with Gasteiger partial charge in [-0.25, -0.2) is 0 Å². The van der Waals surface area contributed by atoms with Crippen LogP contribution in [0.5, 0.6) is 0 Å². The molecule has 1 N–H and O–H groups in total. The lowest BCUT2D eigenvalue weighted by atomic mass is 10.1. The maximum absolute atomic E-state index is 5.55. The first kappa shape index (κ1) is 13.0. The fourth-order valence-corrected chi connectivity index (χ4v) is 2.29. The highest BCUT2D eigenvalue weighted by Gasteiger charge is 2.22. The fourth-order valence-electron chi connectivity index (χ4n) is 2.29. The zero-order chi connectivity index (χ0) is 11.1. The molecule has 2 atom stereocenters. The van der Waals surface area contributed by atoms with Crippen molar-refractivity contribution >= 4 is 0 Å². The summed E-state index contributed by atoms with van der Waals surface area (Å²) in [6.45, 7) is 9.47. The van der Waals surface area contributed by atoms with Crippen LogP contribution in [0.15, 0.2) is 0 Å². The predicted molar refractivity (Wildman–Crippen MR) is 65.1 cm³/mol. The monoisotopic (exact) mass is 213 g/mol. The van der Waals surface area contributed by atoms with E-state index in [-0.39, 0.29) is 0 Å². The Morgan fingerprint density at radius 1 is 1.33 bits per heavy atom. The third-order valence-electron chi connectivity index (χ3n) is 3.25. The highest BCUT2D eigenvalue weighted by Crippen LogP contribution is 2.27. The second-order valence-electron chi connectivity index (χ2n) is 5.21. The molecular formula is C13H27NO. The van der Waals surface area contributed by atoms with Crippen molar-refractivity contribution in [3.05, 3.63) is 0 Å². The maximum atomic E-state index is 5.55. The average molecular weight is 213 g/mol. The Hall–Kier alpha value is -0.0800. The third-order valence-corrected chi connectivity index (χ3v) is 3.25. The molecule has 0 aromatic heterocycles. The molecule has 2 unspecified atom stereocenters. The summed E-state index contributed by atoms with van der Waals surface area (Å²) in [5, 5.41) is 3.59. The van der Waals surface area contributed by atoms with Crippen molar-refractivity contribution in [2.75, 3.05) is 19.8 Å². The molecule has 2 heteroatoms. The molecule has 1 fully saturated rings. The largest absolute Gasteiger partial charge is 0.380 e. The van der Waals surface area contributed by atoms with Crippen LogP contribution < -0.4 is 5.32 Å². The van der Waals surface area contributed by atoms with Crippen LogP contribution in [-0.4, -0.2) is 25.8 Å². The zero-order valence-corrected chi connectivity index (χ0v) is 10.6. The van der Waals surface area contributed by atoms with E-state index in [0.717, 1.165) is 31.7 Å². The molecule has 1 aliphatic carbocycles. The van der Waals surface area contributed by atoms with Crippen molar-refractivity contribution in [1.29, 1.82) is 0 Å². The summed E-state index contributed by atoms with van der Waals surface area (Å²) in [6.07, 6.45) is 5.51. The van der Waals surface area contributed by atoms with Gasteiger partial charge in [0, 0.05) is 19.2 Å². The van der Waals surface area contributed by atoms with Crippen molar-refractivity contribution < 1.29 is 4.74 Å². The van der Waals surface area contributed by atoms with Gasteiger partial charge < -0.3 is 10.1 Å². The topological polar surface area (TPSA) is 21.3 Å². The van der Waals surface area contributed by atoms with Crippen LogP contribution in [0.25, 0.3) is 0 Å². The zero-order valence-electron chi connectivity index (χ0n) is 10.6. The molecule has 0 aromatic carbocycles. The van der Waals surface area contributed by atoms with Crippen molar-refractivity contribution in [3.63, 3.8) is 0 Å². The summed E-state index contributed by atoms with van der Waals surface area (Å²) in [6, 6.07) is 0.762. The molecule has 1 rings (SSSR count). The Bertz CT molecular complexity index is 159. The molecule has 2 nitrogen and oxygen atoms in total. The summed E-state index contributed by atoms with van der Waals surface area (Å²) >= 11 is 0. The lowest BCUT2D eigenvalue weighted by Gasteiger charge is -2.13. The number of ether oxygens (including phenoxy) is 1. The Morgan fingerprint density at radius 3 is 2.73 bits per heavy atom. The minimum absolute atomic E-state index is 0.654. The first-order valence-electron chi connectivity index (χ1n) is 6.53. The molecule has 1 saturated carbocycles. The van der Waals surface area contributed by atoms with Gasteiger partial charge in [0.05, 0.1) is 6.61 Å². The summed E-state index contributed by atoms with van der Waals surface area (Å²) in [5.41, 5.74) is 0. The van der Waals surface area contributed by atoms with E-state index in [1.165, 1.54) is 25.7 Å². The summed E-state index contributed by atoms with van der Waals surface area (Å²) in [5.74, 6) is 1.63. The van der Waals surface area contributed by atoms with Crippen LogP contribution >= 0.6 is 0 Å². The molecule has 0 aliphatic heterocycles. The lowest BCUT2D eigenvalue weighted by Crippen LogP contribution is -2.30. The van der Waals surface area contributed by atoms with E-state index >= 15 is 0 Å². The smallest absolute Gasteiger partial charge is 0.0591 e. The standard InChI is InChI=1S/C13H27NO/c1-4-12-5-6-13(9-12)14-7-8-15-10-11(2)3/h11-14H,4-10H2,1-3H3. The van der Waals surface area contributed by atoms with Gasteiger partial charge >= 0.3 is 0 Å². The van der Waals surface area contributed by atoms with Crippen molar-refractivity contribution in [2.24, 2.45) is 11.8 Å². The highest BCUT2D eigenvalue weighted by atomic mass is 16.5. The van der Waals surface area contributed by atoms with Gasteiger partial charge in [0.25, 0.3) is 0 Å². The van der Waals surface area contributed by atoms with Crippen LogP contribution in [-0.2, 0) is 4.74 Å². The van der Waals surface area contributed by atoms with Gasteiger partial charge in [0.1, 0.15) is 0 Å². The number of hydrogen-bond donors (Lipinski definition) is 1. The van der Waals surface area contributed by atoms with Crippen LogP contribution in [0, 0.1) is 11.8 Å². The van der Waals surface area contributed by atoms with Crippen molar-refractivity contribution in [1.82, 2.24) is 5.32 Å². The quantitative estimate of drug-likeness (QED) is 0.657. The molecule has 0 aromatic rings. The predicted octanol–water partition coefficient (Wildman–Crippen LogP) is 2.83. The maximum Gasteiger partial charge on any atom is 0.0591 e. The Labute approximate surface area is 94.8 Å². The first-order chi connectivity index (χ1) is 7.22. The SMILES string of the molecule is CCC1CCC(NCCOCC(C)C)C1. The minimum atomic E-state index is 0.654. The number of nitrogens with one attached hydrogen (secondary N) is 1. The van der Waals surface area contributed by atoms with E-state index in [0.29, 0.717) is 5.92 Å². The second kappa shape index (κ2) is 7.24. The summed E-state index contributed by atoms with van der Waals surface area (Å²) in [7, 11) is 0.